The SMILES string of the molecule is CC(SC(Cc1cccc(Oc2cccc(/C=C/c3ccc4ccccc4n3)c2)c1)SCCC(=O)O)C(=O)N(C)C. The number of ether oxygens (including phenoxy) is 1. The van der Waals surface area contributed by atoms with Crippen molar-refractivity contribution in [1.29, 1.82) is 0 Å². The molecule has 0 fully saturated rings. The lowest BCUT2D eigenvalue weighted by Crippen LogP contribution is -2.31. The number of aromatic nitrogens is 1. The van der Waals surface area contributed by atoms with Crippen LogP contribution in [0.15, 0.2) is 84.9 Å². The Morgan fingerprint density at radius 2 is 1.71 bits per heavy atom. The summed E-state index contributed by atoms with van der Waals surface area (Å²) < 4.78 is 6.24. The molecule has 4 aromatic rings. The fraction of sp³-hybridized carbons (Fsp3) is 0.242. The molecule has 2 unspecified atom stereocenters. The standard InChI is InChI=1S/C33H34N2O4S2/c1-23(33(38)35(2)3)41-32(40-19-18-31(36)37)22-25-9-7-12-29(21-25)39-28-11-6-8-24(20-28)14-16-27-17-15-26-10-4-5-13-30(26)34-27/h4-17,20-21,23,32H,18-19,22H2,1-3H3,(H,36,37)/b16-14+. The van der Waals surface area contributed by atoms with Gasteiger partial charge in [0.05, 0.1) is 27.5 Å². The largest absolute Gasteiger partial charge is 0.481 e. The van der Waals surface area contributed by atoms with Crippen LogP contribution in [-0.4, -0.2) is 56.5 Å². The molecule has 4 rings (SSSR count). The van der Waals surface area contributed by atoms with E-state index in [1.165, 1.54) is 0 Å². The van der Waals surface area contributed by atoms with Crippen LogP contribution in [0.5, 0.6) is 11.5 Å². The van der Waals surface area contributed by atoms with Crippen molar-refractivity contribution in [1.82, 2.24) is 9.88 Å². The molecule has 2 atom stereocenters. The molecule has 8 heteroatoms. The van der Waals surface area contributed by atoms with E-state index in [-0.39, 0.29) is 22.2 Å². The smallest absolute Gasteiger partial charge is 0.304 e. The van der Waals surface area contributed by atoms with E-state index in [4.69, 9.17) is 14.8 Å². The van der Waals surface area contributed by atoms with Crippen LogP contribution in [0.3, 0.4) is 0 Å². The van der Waals surface area contributed by atoms with Crippen LogP contribution in [0, 0.1) is 0 Å². The maximum absolute atomic E-state index is 12.5. The predicted molar refractivity (Wildman–Crippen MR) is 172 cm³/mol. The predicted octanol–water partition coefficient (Wildman–Crippen LogP) is 7.48. The summed E-state index contributed by atoms with van der Waals surface area (Å²) >= 11 is 3.14. The summed E-state index contributed by atoms with van der Waals surface area (Å²) in [4.78, 5) is 29.8. The van der Waals surface area contributed by atoms with E-state index in [9.17, 15) is 9.59 Å². The molecule has 3 aromatic carbocycles. The van der Waals surface area contributed by atoms with E-state index in [2.05, 4.69) is 12.1 Å². The summed E-state index contributed by atoms with van der Waals surface area (Å²) in [5, 5.41) is 9.96. The van der Waals surface area contributed by atoms with E-state index in [1.54, 1.807) is 42.5 Å². The fourth-order valence-electron chi connectivity index (χ4n) is 4.18. The third-order valence-corrected chi connectivity index (χ3v) is 9.03. The maximum Gasteiger partial charge on any atom is 0.304 e. The van der Waals surface area contributed by atoms with E-state index in [1.807, 2.05) is 91.9 Å². The first-order valence-corrected chi connectivity index (χ1v) is 15.4. The average Bonchev–Trinajstić information content (AvgIpc) is 2.95. The van der Waals surface area contributed by atoms with Gasteiger partial charge in [-0.15, -0.1) is 23.5 Å². The number of rotatable bonds is 13. The minimum absolute atomic E-state index is 0.0284. The number of nitrogens with zero attached hydrogens (tertiary/aromatic N) is 2. The highest BCUT2D eigenvalue weighted by atomic mass is 32.2. The Bertz CT molecular complexity index is 1520. The second-order valence-corrected chi connectivity index (χ2v) is 12.9. The normalized spacial score (nSPS) is 12.8. The minimum atomic E-state index is -0.820. The lowest BCUT2D eigenvalue weighted by atomic mass is 10.1. The van der Waals surface area contributed by atoms with Crippen LogP contribution < -0.4 is 4.74 Å². The minimum Gasteiger partial charge on any atom is -0.481 e. The topological polar surface area (TPSA) is 79.7 Å². The number of carbonyl (C=O) groups excluding carboxylic acids is 1. The Morgan fingerprint density at radius 1 is 0.951 bits per heavy atom. The molecule has 0 aliphatic heterocycles. The molecule has 1 N–H and O–H groups in total. The summed E-state index contributed by atoms with van der Waals surface area (Å²) in [5.74, 6) is 1.15. The number of carboxylic acid groups (broad SMARTS) is 1. The van der Waals surface area contributed by atoms with Gasteiger partial charge in [0, 0.05) is 25.2 Å². The van der Waals surface area contributed by atoms with Crippen molar-refractivity contribution in [3.05, 3.63) is 102 Å². The van der Waals surface area contributed by atoms with Crippen molar-refractivity contribution >= 4 is 58.5 Å². The summed E-state index contributed by atoms with van der Waals surface area (Å²) in [6.07, 6.45) is 4.78. The second kappa shape index (κ2) is 14.8. The monoisotopic (exact) mass is 586 g/mol. The number of carboxylic acids is 1. The van der Waals surface area contributed by atoms with Crippen molar-refractivity contribution in [2.45, 2.75) is 29.6 Å². The molecule has 212 valence electrons. The van der Waals surface area contributed by atoms with Gasteiger partial charge in [-0.3, -0.25) is 9.59 Å². The molecule has 0 aliphatic carbocycles. The fourth-order valence-corrected chi connectivity index (χ4v) is 7.22. The van der Waals surface area contributed by atoms with Gasteiger partial charge in [-0.25, -0.2) is 4.98 Å². The van der Waals surface area contributed by atoms with Crippen LogP contribution in [0.1, 0.15) is 30.2 Å². The van der Waals surface area contributed by atoms with Crippen LogP contribution in [-0.2, 0) is 16.0 Å². The number of hydrogen-bond acceptors (Lipinski definition) is 6. The number of para-hydroxylation sites is 1. The zero-order chi connectivity index (χ0) is 29.2. The number of hydrogen-bond donors (Lipinski definition) is 1. The molecule has 0 saturated carbocycles. The lowest BCUT2D eigenvalue weighted by Gasteiger charge is -2.22. The van der Waals surface area contributed by atoms with Crippen molar-refractivity contribution < 1.29 is 19.4 Å². The zero-order valence-corrected chi connectivity index (χ0v) is 25.0. The molecule has 0 radical (unpaired) electrons. The van der Waals surface area contributed by atoms with Crippen LogP contribution in [0.25, 0.3) is 23.1 Å². The third-order valence-electron chi connectivity index (χ3n) is 6.23. The van der Waals surface area contributed by atoms with Crippen LogP contribution in [0.2, 0.25) is 0 Å². The Kier molecular flexibility index (Phi) is 10.9. The number of pyridine rings is 1. The Morgan fingerprint density at radius 3 is 2.49 bits per heavy atom. The van der Waals surface area contributed by atoms with E-state index in [0.717, 1.165) is 39.2 Å². The highest BCUT2D eigenvalue weighted by Gasteiger charge is 2.22. The van der Waals surface area contributed by atoms with Crippen molar-refractivity contribution in [2.24, 2.45) is 0 Å². The summed E-state index contributed by atoms with van der Waals surface area (Å²) in [6.45, 7) is 1.90. The van der Waals surface area contributed by atoms with Crippen molar-refractivity contribution in [3.8, 4) is 11.5 Å². The molecule has 0 spiro atoms. The number of aliphatic carboxylic acids is 1. The highest BCUT2D eigenvalue weighted by molar-refractivity contribution is 8.17. The lowest BCUT2D eigenvalue weighted by molar-refractivity contribution is -0.136. The van der Waals surface area contributed by atoms with Crippen molar-refractivity contribution in [3.63, 3.8) is 0 Å². The molecular formula is C33H34N2O4S2. The molecule has 41 heavy (non-hydrogen) atoms. The highest BCUT2D eigenvalue weighted by Crippen LogP contribution is 2.33. The van der Waals surface area contributed by atoms with E-state index >= 15 is 0 Å². The molecule has 0 aliphatic rings. The van der Waals surface area contributed by atoms with Crippen molar-refractivity contribution in [2.75, 3.05) is 19.8 Å². The quantitative estimate of drug-likeness (QED) is 0.163. The van der Waals surface area contributed by atoms with Gasteiger partial charge in [-0.05, 0) is 66.9 Å². The third kappa shape index (κ3) is 9.40. The first-order valence-electron chi connectivity index (χ1n) is 13.4. The molecule has 0 saturated heterocycles. The van der Waals surface area contributed by atoms with Crippen LogP contribution >= 0.6 is 23.5 Å². The van der Waals surface area contributed by atoms with Gasteiger partial charge in [-0.1, -0.05) is 54.6 Å². The molecule has 6 nitrogen and oxygen atoms in total. The first kappa shape index (κ1) is 30.2. The van der Waals surface area contributed by atoms with Gasteiger partial charge < -0.3 is 14.7 Å². The average molecular weight is 587 g/mol. The number of thioether (sulfide) groups is 2. The van der Waals surface area contributed by atoms with Gasteiger partial charge in [0.15, 0.2) is 0 Å². The van der Waals surface area contributed by atoms with Crippen LogP contribution in [0.4, 0.5) is 0 Å². The molecule has 1 amide bonds. The second-order valence-electron chi connectivity index (χ2n) is 9.74. The Hall–Kier alpha value is -3.75. The summed E-state index contributed by atoms with van der Waals surface area (Å²) in [6, 6.07) is 27.9. The van der Waals surface area contributed by atoms with Gasteiger partial charge in [0.1, 0.15) is 11.5 Å². The van der Waals surface area contributed by atoms with E-state index in [0.29, 0.717) is 12.2 Å². The summed E-state index contributed by atoms with van der Waals surface area (Å²) in [5.41, 5.74) is 3.91. The number of benzene rings is 3. The number of amides is 1. The van der Waals surface area contributed by atoms with E-state index < -0.39 is 5.97 Å². The number of fused-ring (bicyclic) bond motifs is 1. The first-order chi connectivity index (χ1) is 19.8. The van der Waals surface area contributed by atoms with Gasteiger partial charge in [0.2, 0.25) is 5.91 Å². The van der Waals surface area contributed by atoms with Gasteiger partial charge in [-0.2, -0.15) is 0 Å². The molecule has 1 aromatic heterocycles. The summed E-state index contributed by atoms with van der Waals surface area (Å²) in [7, 11) is 3.50. The van der Waals surface area contributed by atoms with Gasteiger partial charge in [0.25, 0.3) is 0 Å². The molecule has 0 bridgehead atoms. The van der Waals surface area contributed by atoms with Gasteiger partial charge >= 0.3 is 5.97 Å². The molecular weight excluding hydrogens is 553 g/mol. The molecule has 1 heterocycles. The Labute approximate surface area is 249 Å². The number of carbonyl (C=O) groups is 2. The zero-order valence-electron chi connectivity index (χ0n) is 23.4. The Balaban J connectivity index is 1.43. The maximum atomic E-state index is 12.5.